The topological polar surface area (TPSA) is 152 Å². The van der Waals surface area contributed by atoms with Gasteiger partial charge < -0.3 is 29.8 Å². The minimum atomic E-state index is -4.72. The summed E-state index contributed by atoms with van der Waals surface area (Å²) >= 11 is 5.90. The molecule has 3 aromatic carbocycles. The van der Waals surface area contributed by atoms with Crippen molar-refractivity contribution in [2.75, 3.05) is 13.2 Å². The predicted octanol–water partition coefficient (Wildman–Crippen LogP) is 4.12. The monoisotopic (exact) mass is 519 g/mol. The Labute approximate surface area is 204 Å². The Kier molecular flexibility index (Phi) is 7.30. The van der Waals surface area contributed by atoms with Crippen molar-refractivity contribution in [3.05, 3.63) is 81.5 Å². The highest BCUT2D eigenvalue weighted by Gasteiger charge is 2.28. The van der Waals surface area contributed by atoms with E-state index in [1.807, 2.05) is 0 Å². The minimum absolute atomic E-state index is 0.166. The summed E-state index contributed by atoms with van der Waals surface area (Å²) in [4.78, 5) is 30.9. The van der Waals surface area contributed by atoms with E-state index in [-0.39, 0.29) is 11.8 Å². The predicted molar refractivity (Wildman–Crippen MR) is 132 cm³/mol. The highest BCUT2D eigenvalue weighted by molar-refractivity contribution is 7.46. The number of rotatable bonds is 9. The van der Waals surface area contributed by atoms with Crippen LogP contribution in [0.2, 0.25) is 5.02 Å². The van der Waals surface area contributed by atoms with E-state index in [0.29, 0.717) is 44.9 Å². The Bertz CT molecular complexity index is 1470. The summed E-state index contributed by atoms with van der Waals surface area (Å²) in [6, 6.07) is 16.9. The first-order valence-electron chi connectivity index (χ1n) is 10.6. The summed E-state index contributed by atoms with van der Waals surface area (Å²) in [5.74, 6) is 1.09. The van der Waals surface area contributed by atoms with E-state index in [4.69, 9.17) is 36.3 Å². The normalized spacial score (nSPS) is 13.7. The maximum Gasteiger partial charge on any atom is 0.469 e. The minimum Gasteiger partial charge on any atom is -0.457 e. The van der Waals surface area contributed by atoms with E-state index >= 15 is 0 Å². The molecular weight excluding hydrogens is 497 g/mol. The van der Waals surface area contributed by atoms with Crippen LogP contribution < -0.4 is 15.9 Å². The fourth-order valence-electron chi connectivity index (χ4n) is 3.54. The van der Waals surface area contributed by atoms with Crippen molar-refractivity contribution in [1.29, 1.82) is 0 Å². The van der Waals surface area contributed by atoms with E-state index in [1.165, 1.54) is 0 Å². The summed E-state index contributed by atoms with van der Waals surface area (Å²) < 4.78 is 27.2. The zero-order valence-corrected chi connectivity index (χ0v) is 20.0. The molecular formula is C24H23ClNO8P. The number of aliphatic hydroxyl groups excluding tert-OH is 1. The first-order valence-corrected chi connectivity index (χ1v) is 12.5. The number of benzene rings is 3. The Hall–Kier alpha value is -2.75. The first kappa shape index (κ1) is 25.3. The number of hydrogen-bond acceptors (Lipinski definition) is 7. The molecule has 5 N–H and O–H groups in total. The van der Waals surface area contributed by atoms with Gasteiger partial charge in [-0.1, -0.05) is 17.7 Å². The molecule has 0 saturated heterocycles. The average molecular weight is 520 g/mol. The summed E-state index contributed by atoms with van der Waals surface area (Å²) in [6.45, 7) is -1.05. The first-order chi connectivity index (χ1) is 16.5. The van der Waals surface area contributed by atoms with Gasteiger partial charge in [0.2, 0.25) is 5.43 Å². The molecule has 4 rings (SSSR count). The van der Waals surface area contributed by atoms with Crippen molar-refractivity contribution in [1.82, 2.24) is 0 Å². The van der Waals surface area contributed by atoms with Gasteiger partial charge >= 0.3 is 7.82 Å². The molecule has 1 atom stereocenters. The molecule has 0 amide bonds. The van der Waals surface area contributed by atoms with Crippen LogP contribution in [0.25, 0.3) is 21.9 Å². The maximum atomic E-state index is 13.1. The zero-order valence-electron chi connectivity index (χ0n) is 18.4. The number of halogens is 1. The molecule has 35 heavy (non-hydrogen) atoms. The summed E-state index contributed by atoms with van der Waals surface area (Å²) in [6.07, 6.45) is 0.502. The SMILES string of the molecule is NC(CO)(CCc1ccc2oc3cc(Oc4ccc(Cl)cc4)ccc3c(=O)c2c1)COP(=O)(O)O. The van der Waals surface area contributed by atoms with Crippen LogP contribution in [0.15, 0.2) is 69.9 Å². The summed E-state index contributed by atoms with van der Waals surface area (Å²) in [7, 11) is -4.72. The summed E-state index contributed by atoms with van der Waals surface area (Å²) in [5, 5.41) is 10.9. The lowest BCUT2D eigenvalue weighted by molar-refractivity contribution is 0.102. The third kappa shape index (κ3) is 6.28. The molecule has 0 bridgehead atoms. The van der Waals surface area contributed by atoms with Crippen molar-refractivity contribution < 1.29 is 33.1 Å². The van der Waals surface area contributed by atoms with Crippen LogP contribution in [0, 0.1) is 0 Å². The highest BCUT2D eigenvalue weighted by Crippen LogP contribution is 2.37. The van der Waals surface area contributed by atoms with Gasteiger partial charge in [0.25, 0.3) is 0 Å². The van der Waals surface area contributed by atoms with Gasteiger partial charge in [-0.2, -0.15) is 0 Å². The Morgan fingerprint density at radius 3 is 2.37 bits per heavy atom. The Balaban J connectivity index is 1.57. The molecule has 0 aliphatic rings. The number of hydrogen-bond donors (Lipinski definition) is 4. The lowest BCUT2D eigenvalue weighted by Crippen LogP contribution is -2.48. The van der Waals surface area contributed by atoms with Crippen LogP contribution in [-0.2, 0) is 15.5 Å². The second kappa shape index (κ2) is 10.1. The quantitative estimate of drug-likeness (QED) is 0.189. The number of phosphoric ester groups is 1. The van der Waals surface area contributed by atoms with E-state index in [2.05, 4.69) is 4.52 Å². The molecule has 11 heteroatoms. The summed E-state index contributed by atoms with van der Waals surface area (Å²) in [5.41, 5.74) is 5.96. The van der Waals surface area contributed by atoms with Crippen molar-refractivity contribution in [3.8, 4) is 11.5 Å². The third-order valence-electron chi connectivity index (χ3n) is 5.50. The smallest absolute Gasteiger partial charge is 0.457 e. The van der Waals surface area contributed by atoms with Crippen LogP contribution in [0.5, 0.6) is 11.5 Å². The van der Waals surface area contributed by atoms with Gasteiger partial charge in [-0.3, -0.25) is 9.32 Å². The lowest BCUT2D eigenvalue weighted by atomic mass is 9.93. The van der Waals surface area contributed by atoms with Gasteiger partial charge in [-0.25, -0.2) is 4.57 Å². The molecule has 184 valence electrons. The number of phosphoric acid groups is 1. The van der Waals surface area contributed by atoms with Crippen molar-refractivity contribution in [3.63, 3.8) is 0 Å². The van der Waals surface area contributed by atoms with Crippen molar-refractivity contribution in [2.24, 2.45) is 5.73 Å². The van der Waals surface area contributed by atoms with Gasteiger partial charge in [-0.05, 0) is 66.9 Å². The lowest BCUT2D eigenvalue weighted by Gasteiger charge is -2.27. The van der Waals surface area contributed by atoms with Crippen LogP contribution in [0.3, 0.4) is 0 Å². The van der Waals surface area contributed by atoms with Crippen LogP contribution in [-0.4, -0.2) is 33.6 Å². The second-order valence-electron chi connectivity index (χ2n) is 8.26. The molecule has 0 saturated carbocycles. The highest BCUT2D eigenvalue weighted by atomic mass is 35.5. The van der Waals surface area contributed by atoms with Gasteiger partial charge in [0.1, 0.15) is 22.7 Å². The van der Waals surface area contributed by atoms with Crippen LogP contribution in [0.1, 0.15) is 12.0 Å². The van der Waals surface area contributed by atoms with Gasteiger partial charge in [0.15, 0.2) is 0 Å². The second-order valence-corrected chi connectivity index (χ2v) is 9.94. The molecule has 0 radical (unpaired) electrons. The van der Waals surface area contributed by atoms with E-state index in [1.54, 1.807) is 60.7 Å². The molecule has 1 unspecified atom stereocenters. The fraction of sp³-hybridized carbons (Fsp3) is 0.208. The van der Waals surface area contributed by atoms with Gasteiger partial charge in [0, 0.05) is 11.1 Å². The number of aliphatic hydroxyl groups is 1. The van der Waals surface area contributed by atoms with E-state index < -0.39 is 26.6 Å². The standard InChI is InChI=1S/C24H23ClNO8P/c25-16-2-4-17(5-3-16)33-18-6-7-19-22(12-18)34-21-8-1-15(11-20(21)23(19)28)9-10-24(26,13-27)14-32-35(29,30)31/h1-8,11-12,27H,9-10,13-14,26H2,(H2,29,30,31). The van der Waals surface area contributed by atoms with Gasteiger partial charge in [-0.15, -0.1) is 0 Å². The van der Waals surface area contributed by atoms with Crippen molar-refractivity contribution >= 4 is 41.4 Å². The molecule has 0 aliphatic heterocycles. The number of aryl methyl sites for hydroxylation is 1. The molecule has 0 aliphatic carbocycles. The number of ether oxygens (including phenoxy) is 1. The average Bonchev–Trinajstić information content (AvgIpc) is 2.83. The molecule has 9 nitrogen and oxygen atoms in total. The Morgan fingerprint density at radius 2 is 1.69 bits per heavy atom. The Morgan fingerprint density at radius 1 is 0.971 bits per heavy atom. The van der Waals surface area contributed by atoms with Gasteiger partial charge in [0.05, 0.1) is 29.5 Å². The molecule has 1 heterocycles. The van der Waals surface area contributed by atoms with E-state index in [0.717, 1.165) is 5.56 Å². The molecule has 4 aromatic rings. The van der Waals surface area contributed by atoms with Crippen LogP contribution in [0.4, 0.5) is 0 Å². The zero-order chi connectivity index (χ0) is 25.2. The number of nitrogens with two attached hydrogens (primary N) is 1. The van der Waals surface area contributed by atoms with Crippen LogP contribution >= 0.6 is 19.4 Å². The maximum absolute atomic E-state index is 13.1. The molecule has 0 fully saturated rings. The third-order valence-corrected chi connectivity index (χ3v) is 6.22. The van der Waals surface area contributed by atoms with Crippen molar-refractivity contribution in [2.45, 2.75) is 18.4 Å². The van der Waals surface area contributed by atoms with E-state index in [9.17, 15) is 14.5 Å². The number of fused-ring (bicyclic) bond motifs is 2. The fourth-order valence-corrected chi connectivity index (χ4v) is 4.09. The largest absolute Gasteiger partial charge is 0.469 e. The molecule has 1 aromatic heterocycles. The molecule has 0 spiro atoms.